The summed E-state index contributed by atoms with van der Waals surface area (Å²) < 4.78 is 0. The Morgan fingerprint density at radius 2 is 2.24 bits per heavy atom. The van der Waals surface area contributed by atoms with Gasteiger partial charge < -0.3 is 5.32 Å². The number of aryl methyl sites for hydroxylation is 1. The molecule has 2 unspecified atom stereocenters. The van der Waals surface area contributed by atoms with Crippen molar-refractivity contribution >= 4 is 11.3 Å². The molecule has 2 fully saturated rings. The molecule has 3 heterocycles. The van der Waals surface area contributed by atoms with E-state index in [9.17, 15) is 0 Å². The first kappa shape index (κ1) is 11.7. The second kappa shape index (κ2) is 5.09. The molecule has 0 amide bonds. The van der Waals surface area contributed by atoms with E-state index in [1.807, 2.05) is 11.3 Å². The van der Waals surface area contributed by atoms with Crippen molar-refractivity contribution in [2.75, 3.05) is 19.6 Å². The van der Waals surface area contributed by atoms with Crippen molar-refractivity contribution in [1.82, 2.24) is 10.2 Å². The Morgan fingerprint density at radius 3 is 3.00 bits per heavy atom. The Labute approximate surface area is 108 Å². The van der Waals surface area contributed by atoms with Crippen LogP contribution >= 0.6 is 11.3 Å². The molecule has 2 saturated heterocycles. The first-order chi connectivity index (χ1) is 8.35. The topological polar surface area (TPSA) is 15.3 Å². The third-order valence-corrected chi connectivity index (χ3v) is 5.33. The zero-order valence-electron chi connectivity index (χ0n) is 10.6. The largest absolute Gasteiger partial charge is 0.312 e. The highest BCUT2D eigenvalue weighted by Crippen LogP contribution is 2.27. The molecule has 2 aliphatic heterocycles. The minimum absolute atomic E-state index is 0.773. The molecule has 0 aliphatic carbocycles. The third kappa shape index (κ3) is 2.56. The molecule has 0 bridgehead atoms. The van der Waals surface area contributed by atoms with Gasteiger partial charge in [0.1, 0.15) is 0 Å². The lowest BCUT2D eigenvalue weighted by molar-refractivity contribution is 0.315. The zero-order valence-corrected chi connectivity index (χ0v) is 11.4. The van der Waals surface area contributed by atoms with Crippen molar-refractivity contribution in [2.45, 2.75) is 38.8 Å². The van der Waals surface area contributed by atoms with Crippen molar-refractivity contribution in [3.63, 3.8) is 0 Å². The maximum Gasteiger partial charge on any atom is 0.0328 e. The monoisotopic (exact) mass is 250 g/mol. The fourth-order valence-corrected chi connectivity index (χ4v) is 4.18. The maximum absolute atomic E-state index is 3.67. The van der Waals surface area contributed by atoms with Crippen molar-refractivity contribution < 1.29 is 0 Å². The van der Waals surface area contributed by atoms with Crippen LogP contribution in [0.25, 0.3) is 0 Å². The Kier molecular flexibility index (Phi) is 3.50. The number of hydrogen-bond acceptors (Lipinski definition) is 3. The predicted molar refractivity (Wildman–Crippen MR) is 73.5 cm³/mol. The van der Waals surface area contributed by atoms with Crippen LogP contribution < -0.4 is 5.32 Å². The normalized spacial score (nSPS) is 29.5. The molecule has 2 nitrogen and oxygen atoms in total. The summed E-state index contributed by atoms with van der Waals surface area (Å²) in [5, 5.41) is 3.67. The van der Waals surface area contributed by atoms with Crippen LogP contribution in [0.5, 0.6) is 0 Å². The Morgan fingerprint density at radius 1 is 1.35 bits per heavy atom. The van der Waals surface area contributed by atoms with Crippen LogP contribution in [0.15, 0.2) is 12.1 Å². The van der Waals surface area contributed by atoms with Crippen LogP contribution in [0.1, 0.15) is 29.5 Å². The van der Waals surface area contributed by atoms with E-state index in [0.717, 1.165) is 12.0 Å². The Bertz CT molecular complexity index is 360. The van der Waals surface area contributed by atoms with Crippen LogP contribution in [0.2, 0.25) is 0 Å². The number of piperidine rings is 1. The van der Waals surface area contributed by atoms with Gasteiger partial charge in [0.05, 0.1) is 0 Å². The average Bonchev–Trinajstić information content (AvgIpc) is 2.94. The van der Waals surface area contributed by atoms with Gasteiger partial charge in [-0.1, -0.05) is 6.92 Å². The molecule has 3 rings (SSSR count). The number of nitrogens with zero attached hydrogens (tertiary/aromatic N) is 1. The molecule has 0 radical (unpaired) electrons. The highest BCUT2D eigenvalue weighted by molar-refractivity contribution is 7.11. The SMILES string of the molecule is CCc1ccc(CN2CC3CCCNC3C2)s1. The van der Waals surface area contributed by atoms with Gasteiger partial charge in [-0.05, 0) is 43.9 Å². The van der Waals surface area contributed by atoms with Crippen molar-refractivity contribution in [3.8, 4) is 0 Å². The summed E-state index contributed by atoms with van der Waals surface area (Å²) in [5.41, 5.74) is 0. The van der Waals surface area contributed by atoms with Crippen LogP contribution in [0.4, 0.5) is 0 Å². The lowest BCUT2D eigenvalue weighted by Gasteiger charge is -2.24. The van der Waals surface area contributed by atoms with Gasteiger partial charge in [0, 0.05) is 35.4 Å². The molecular weight excluding hydrogens is 228 g/mol. The van der Waals surface area contributed by atoms with Gasteiger partial charge in [0.15, 0.2) is 0 Å². The van der Waals surface area contributed by atoms with Gasteiger partial charge in [0.25, 0.3) is 0 Å². The fourth-order valence-electron chi connectivity index (χ4n) is 3.18. The summed E-state index contributed by atoms with van der Waals surface area (Å²) in [6, 6.07) is 5.38. The lowest BCUT2D eigenvalue weighted by atomic mass is 9.94. The second-order valence-electron chi connectivity index (χ2n) is 5.38. The first-order valence-corrected chi connectivity index (χ1v) is 7.70. The smallest absolute Gasteiger partial charge is 0.0328 e. The molecule has 2 aliphatic rings. The fraction of sp³-hybridized carbons (Fsp3) is 0.714. The summed E-state index contributed by atoms with van der Waals surface area (Å²) in [4.78, 5) is 5.70. The molecule has 0 spiro atoms. The maximum atomic E-state index is 3.67. The lowest BCUT2D eigenvalue weighted by Crippen LogP contribution is -2.40. The molecular formula is C14H22N2S. The van der Waals surface area contributed by atoms with E-state index in [0.29, 0.717) is 0 Å². The quantitative estimate of drug-likeness (QED) is 0.886. The van der Waals surface area contributed by atoms with Gasteiger partial charge >= 0.3 is 0 Å². The third-order valence-electron chi connectivity index (χ3n) is 4.12. The van der Waals surface area contributed by atoms with Crippen molar-refractivity contribution in [1.29, 1.82) is 0 Å². The minimum atomic E-state index is 0.773. The zero-order chi connectivity index (χ0) is 11.7. The van der Waals surface area contributed by atoms with E-state index in [1.165, 1.54) is 50.3 Å². The van der Waals surface area contributed by atoms with Gasteiger partial charge in [0.2, 0.25) is 0 Å². The van der Waals surface area contributed by atoms with Gasteiger partial charge in [-0.25, -0.2) is 0 Å². The molecule has 2 atom stereocenters. The number of rotatable bonds is 3. The van der Waals surface area contributed by atoms with E-state index in [2.05, 4.69) is 29.3 Å². The molecule has 1 aromatic heterocycles. The average molecular weight is 250 g/mol. The molecule has 3 heteroatoms. The van der Waals surface area contributed by atoms with Crippen molar-refractivity contribution in [2.24, 2.45) is 5.92 Å². The van der Waals surface area contributed by atoms with E-state index >= 15 is 0 Å². The van der Waals surface area contributed by atoms with Crippen molar-refractivity contribution in [3.05, 3.63) is 21.9 Å². The van der Waals surface area contributed by atoms with Crippen LogP contribution in [0.3, 0.4) is 0 Å². The minimum Gasteiger partial charge on any atom is -0.312 e. The molecule has 1 N–H and O–H groups in total. The molecule has 1 aromatic rings. The van der Waals surface area contributed by atoms with E-state index in [-0.39, 0.29) is 0 Å². The van der Waals surface area contributed by atoms with Crippen LogP contribution in [-0.4, -0.2) is 30.6 Å². The number of likely N-dealkylation sites (tertiary alicyclic amines) is 1. The molecule has 94 valence electrons. The number of nitrogens with one attached hydrogen (secondary N) is 1. The first-order valence-electron chi connectivity index (χ1n) is 6.88. The van der Waals surface area contributed by atoms with Crippen LogP contribution in [0, 0.1) is 5.92 Å². The molecule has 17 heavy (non-hydrogen) atoms. The number of thiophene rings is 1. The van der Waals surface area contributed by atoms with E-state index in [4.69, 9.17) is 0 Å². The van der Waals surface area contributed by atoms with E-state index < -0.39 is 0 Å². The summed E-state index contributed by atoms with van der Waals surface area (Å²) in [6.45, 7) is 7.19. The summed E-state index contributed by atoms with van der Waals surface area (Å²) >= 11 is 1.99. The van der Waals surface area contributed by atoms with Gasteiger partial charge in [-0.2, -0.15) is 0 Å². The van der Waals surface area contributed by atoms with E-state index in [1.54, 1.807) is 4.88 Å². The highest BCUT2D eigenvalue weighted by atomic mass is 32.1. The molecule has 0 saturated carbocycles. The van der Waals surface area contributed by atoms with Crippen LogP contribution in [-0.2, 0) is 13.0 Å². The second-order valence-corrected chi connectivity index (χ2v) is 6.63. The molecule has 0 aromatic carbocycles. The highest BCUT2D eigenvalue weighted by Gasteiger charge is 2.33. The number of hydrogen-bond donors (Lipinski definition) is 1. The standard InChI is InChI=1S/C14H22N2S/c1-2-12-5-6-13(17-12)9-16-8-11-4-3-7-15-14(11)10-16/h5-6,11,14-15H,2-4,7-10H2,1H3. The predicted octanol–water partition coefficient (Wildman–Crippen LogP) is 2.49. The summed E-state index contributed by atoms with van der Waals surface area (Å²) in [5.74, 6) is 0.911. The van der Waals surface area contributed by atoms with Gasteiger partial charge in [-0.15, -0.1) is 11.3 Å². The summed E-state index contributed by atoms with van der Waals surface area (Å²) in [6.07, 6.45) is 3.98. The Balaban J connectivity index is 1.59. The van der Waals surface area contributed by atoms with Gasteiger partial charge in [-0.3, -0.25) is 4.90 Å². The number of fused-ring (bicyclic) bond motifs is 1. The summed E-state index contributed by atoms with van der Waals surface area (Å²) in [7, 11) is 0. The Hall–Kier alpha value is -0.380.